The van der Waals surface area contributed by atoms with Crippen molar-refractivity contribution in [3.8, 4) is 33.9 Å². The average Bonchev–Trinajstić information content (AvgIpc) is 3.32. The summed E-state index contributed by atoms with van der Waals surface area (Å²) < 4.78 is 78.6. The molecule has 12 nitrogen and oxygen atoms in total. The van der Waals surface area contributed by atoms with Crippen LogP contribution in [0.2, 0.25) is 0 Å². The number of benzene rings is 5. The van der Waals surface area contributed by atoms with Crippen LogP contribution in [0.5, 0.6) is 11.5 Å². The number of hydrogen-bond donors (Lipinski definition) is 2. The molecular weight excluding hydrogens is 922 g/mol. The number of hydrogen-bond acceptors (Lipinski definition) is 9. The lowest BCUT2D eigenvalue weighted by Gasteiger charge is -2.27. The van der Waals surface area contributed by atoms with E-state index >= 15 is 0 Å². The maximum atomic E-state index is 13.8. The van der Waals surface area contributed by atoms with Crippen molar-refractivity contribution in [1.82, 2.24) is 9.97 Å². The fraction of sp³-hybridized carbons (Fsp3) is 0.333. The molecule has 70 heavy (non-hydrogen) atoms. The molecule has 0 amide bonds. The number of sulfonamides is 1. The largest absolute Gasteiger partial charge is 0.482 e. The summed E-state index contributed by atoms with van der Waals surface area (Å²) in [5.74, 6) is -0.287. The molecule has 1 aromatic heterocycles. The van der Waals surface area contributed by atoms with Crippen LogP contribution in [0.3, 0.4) is 0 Å². The zero-order valence-corrected chi connectivity index (χ0v) is 41.5. The lowest BCUT2D eigenvalue weighted by Crippen LogP contribution is -2.32. The Kier molecular flexibility index (Phi) is 18.9. The van der Waals surface area contributed by atoms with Crippen LogP contribution in [0, 0.1) is 27.7 Å². The Bertz CT molecular complexity index is 2840. The van der Waals surface area contributed by atoms with E-state index in [1.54, 1.807) is 38.4 Å². The summed E-state index contributed by atoms with van der Waals surface area (Å²) in [4.78, 5) is 33.3. The van der Waals surface area contributed by atoms with E-state index in [2.05, 4.69) is 66.0 Å². The van der Waals surface area contributed by atoms with Crippen molar-refractivity contribution in [3.05, 3.63) is 148 Å². The van der Waals surface area contributed by atoms with Crippen LogP contribution in [-0.4, -0.2) is 66.8 Å². The maximum Gasteiger partial charge on any atom is 0.416 e. The highest BCUT2D eigenvalue weighted by atomic mass is 32.2. The van der Waals surface area contributed by atoms with Crippen molar-refractivity contribution < 1.29 is 50.9 Å². The third-order valence-corrected chi connectivity index (χ3v) is 13.4. The zero-order chi connectivity index (χ0) is 51.2. The number of ether oxygens (including phenoxy) is 2. The molecule has 0 aliphatic carbocycles. The van der Waals surface area contributed by atoms with Gasteiger partial charge in [0.2, 0.25) is 0 Å². The van der Waals surface area contributed by atoms with Gasteiger partial charge in [-0.3, -0.25) is 4.31 Å². The molecule has 0 saturated carbocycles. The van der Waals surface area contributed by atoms with Crippen molar-refractivity contribution in [3.63, 3.8) is 0 Å². The number of halogens is 3. The van der Waals surface area contributed by atoms with E-state index in [0.29, 0.717) is 46.7 Å². The third kappa shape index (κ3) is 14.1. The highest BCUT2D eigenvalue weighted by molar-refractivity contribution is 7.92. The molecule has 0 aliphatic heterocycles. The van der Waals surface area contributed by atoms with E-state index < -0.39 is 40.3 Å². The first-order chi connectivity index (χ1) is 33.3. The minimum Gasteiger partial charge on any atom is -0.482 e. The second-order valence-corrected chi connectivity index (χ2v) is 18.7. The minimum absolute atomic E-state index is 0.0168. The van der Waals surface area contributed by atoms with Gasteiger partial charge in [0.25, 0.3) is 10.0 Å². The number of aromatic nitrogens is 2. The fourth-order valence-corrected chi connectivity index (χ4v) is 9.45. The van der Waals surface area contributed by atoms with Gasteiger partial charge in [0.05, 0.1) is 21.8 Å². The first-order valence-electron chi connectivity index (χ1n) is 23.1. The van der Waals surface area contributed by atoms with Crippen molar-refractivity contribution in [2.45, 2.75) is 98.2 Å². The Morgan fingerprint density at radius 2 is 1.31 bits per heavy atom. The van der Waals surface area contributed by atoms with Crippen LogP contribution >= 0.6 is 0 Å². The smallest absolute Gasteiger partial charge is 0.416 e. The zero-order valence-electron chi connectivity index (χ0n) is 40.6. The third-order valence-electron chi connectivity index (χ3n) is 11.6. The maximum absolute atomic E-state index is 13.8. The molecule has 0 atom stereocenters. The molecule has 0 spiro atoms. The number of alkyl halides is 3. The van der Waals surface area contributed by atoms with Gasteiger partial charge >= 0.3 is 18.1 Å². The molecule has 1 heterocycles. The summed E-state index contributed by atoms with van der Waals surface area (Å²) in [5.41, 5.74) is 8.37. The summed E-state index contributed by atoms with van der Waals surface area (Å²) in [6.45, 7) is 14.6. The van der Waals surface area contributed by atoms with Gasteiger partial charge in [-0.2, -0.15) is 13.2 Å². The summed E-state index contributed by atoms with van der Waals surface area (Å²) >= 11 is 0. The Balaban J connectivity index is 0.000000262. The van der Waals surface area contributed by atoms with Crippen LogP contribution < -0.4 is 18.7 Å². The summed E-state index contributed by atoms with van der Waals surface area (Å²) in [6, 6.07) is 28.5. The van der Waals surface area contributed by atoms with Crippen LogP contribution in [0.15, 0.2) is 114 Å². The standard InChI is InChI=1S/C27H28F3NO5S.C27H33N3O3/c1-4-5-15-31(37(34,35)22-13-14-25(18(2)16-22)36-17-26(32)33)24-8-6-7-23(19(24)3)20-9-11-21(12-10-20)27(28,29)30;1-5-7-14-30(16-21-10-13-24(22(6-2)15-21)33-17-25(31)32)27-20(4)26(28-18-29-27)23-11-8-19(3)9-12-23/h6-14,16H,4-5,15,17H2,1-3H3,(H,32,33);8-13,15,18H,5-7,14,16-17H2,1-4H3,(H,31,32). The normalized spacial score (nSPS) is 11.3. The van der Waals surface area contributed by atoms with Crippen molar-refractivity contribution in [2.75, 3.05) is 35.5 Å². The molecule has 0 aliphatic rings. The predicted molar refractivity (Wildman–Crippen MR) is 267 cm³/mol. The molecule has 6 aromatic rings. The molecule has 0 radical (unpaired) electrons. The van der Waals surface area contributed by atoms with Crippen molar-refractivity contribution in [1.29, 1.82) is 0 Å². The molecule has 0 saturated heterocycles. The lowest BCUT2D eigenvalue weighted by molar-refractivity contribution is -0.140. The first-order valence-corrected chi connectivity index (χ1v) is 24.6. The molecule has 2 N–H and O–H groups in total. The highest BCUT2D eigenvalue weighted by Gasteiger charge is 2.31. The first kappa shape index (κ1) is 54.0. The van der Waals surface area contributed by atoms with Gasteiger partial charge < -0.3 is 24.6 Å². The van der Waals surface area contributed by atoms with Gasteiger partial charge in [0, 0.05) is 30.8 Å². The average molecular weight is 983 g/mol. The van der Waals surface area contributed by atoms with Gasteiger partial charge in [-0.1, -0.05) is 99.8 Å². The molecular formula is C54H61F3N4O8S. The Labute approximate surface area is 408 Å². The quantitative estimate of drug-likeness (QED) is 0.0707. The van der Waals surface area contributed by atoms with Crippen LogP contribution in [0.1, 0.15) is 85.4 Å². The van der Waals surface area contributed by atoms with Gasteiger partial charge in [0.15, 0.2) is 13.2 Å². The molecule has 5 aromatic carbocycles. The number of aryl methyl sites for hydroxylation is 3. The molecule has 16 heteroatoms. The summed E-state index contributed by atoms with van der Waals surface area (Å²) in [7, 11) is -4.03. The van der Waals surface area contributed by atoms with Gasteiger partial charge in [0.1, 0.15) is 23.6 Å². The van der Waals surface area contributed by atoms with E-state index in [4.69, 9.17) is 19.7 Å². The molecule has 6 rings (SSSR count). The van der Waals surface area contributed by atoms with Gasteiger partial charge in [-0.05, 0) is 123 Å². The number of unbranched alkanes of at least 4 members (excludes halogenated alkanes) is 2. The number of carboxylic acid groups (broad SMARTS) is 2. The van der Waals surface area contributed by atoms with Crippen molar-refractivity contribution >= 4 is 33.5 Å². The molecule has 0 unspecified atom stereocenters. The predicted octanol–water partition coefficient (Wildman–Crippen LogP) is 12.0. The van der Waals surface area contributed by atoms with E-state index in [9.17, 15) is 31.2 Å². The van der Waals surface area contributed by atoms with E-state index in [0.717, 1.165) is 78.1 Å². The second-order valence-electron chi connectivity index (χ2n) is 16.9. The van der Waals surface area contributed by atoms with E-state index in [1.807, 2.05) is 26.0 Å². The van der Waals surface area contributed by atoms with Crippen molar-refractivity contribution in [2.24, 2.45) is 0 Å². The second kappa shape index (κ2) is 24.6. The molecule has 0 fully saturated rings. The van der Waals surface area contributed by atoms with Crippen LogP contribution in [-0.2, 0) is 38.8 Å². The number of rotatable bonds is 21. The van der Waals surface area contributed by atoms with E-state index in [1.165, 1.54) is 40.2 Å². The SMILES string of the molecule is CCCCN(Cc1ccc(OCC(=O)O)c(CC)c1)c1ncnc(-c2ccc(C)cc2)c1C.CCCCN(c1cccc(-c2ccc(C(F)(F)F)cc2)c1C)S(=O)(=O)c1ccc(OCC(=O)O)c(C)c1. The Morgan fingerprint density at radius 1 is 0.700 bits per heavy atom. The molecule has 372 valence electrons. The number of aliphatic carboxylic acids is 2. The van der Waals surface area contributed by atoms with Crippen LogP contribution in [0.25, 0.3) is 22.4 Å². The van der Waals surface area contributed by atoms with Crippen LogP contribution in [0.4, 0.5) is 24.7 Å². The van der Waals surface area contributed by atoms with Gasteiger partial charge in [-0.15, -0.1) is 0 Å². The fourth-order valence-electron chi connectivity index (χ4n) is 7.81. The van der Waals surface area contributed by atoms with Gasteiger partial charge in [-0.25, -0.2) is 28.0 Å². The monoisotopic (exact) mass is 982 g/mol. The summed E-state index contributed by atoms with van der Waals surface area (Å²) in [5, 5.41) is 17.8. The number of carboxylic acids is 2. The number of anilines is 2. The Morgan fingerprint density at radius 3 is 1.91 bits per heavy atom. The summed E-state index contributed by atoms with van der Waals surface area (Å²) in [6.07, 6.45) is 1.44. The topological polar surface area (TPSA) is 159 Å². The number of nitrogens with zero attached hydrogens (tertiary/aromatic N) is 4. The molecule has 0 bridgehead atoms. The highest BCUT2D eigenvalue weighted by Crippen LogP contribution is 2.37. The Hall–Kier alpha value is -6.94. The van der Waals surface area contributed by atoms with E-state index in [-0.39, 0.29) is 23.8 Å². The number of carbonyl (C=O) groups is 2. The lowest BCUT2D eigenvalue weighted by atomic mass is 9.98. The minimum atomic E-state index is -4.45.